The van der Waals surface area contributed by atoms with E-state index < -0.39 is 11.4 Å². The Hall–Kier alpha value is -2.21. The van der Waals surface area contributed by atoms with Crippen molar-refractivity contribution in [3.63, 3.8) is 0 Å². The predicted octanol–water partition coefficient (Wildman–Crippen LogP) is 2.46. The van der Waals surface area contributed by atoms with Crippen LogP contribution >= 0.6 is 0 Å². The summed E-state index contributed by atoms with van der Waals surface area (Å²) in [5.74, 6) is 0.0253. The van der Waals surface area contributed by atoms with Crippen LogP contribution < -0.4 is 5.73 Å². The average molecular weight is 347 g/mol. The lowest BCUT2D eigenvalue weighted by atomic mass is 10.0. The summed E-state index contributed by atoms with van der Waals surface area (Å²) in [5.41, 5.74) is 6.76. The van der Waals surface area contributed by atoms with Crippen molar-refractivity contribution in [1.82, 2.24) is 14.6 Å². The highest BCUT2D eigenvalue weighted by Gasteiger charge is 2.38. The number of anilines is 1. The van der Waals surface area contributed by atoms with Crippen molar-refractivity contribution in [3.8, 4) is 6.07 Å². The molecule has 0 radical (unpaired) electrons. The summed E-state index contributed by atoms with van der Waals surface area (Å²) in [5, 5.41) is 13.3. The van der Waals surface area contributed by atoms with Gasteiger partial charge >= 0.3 is 0 Å². The van der Waals surface area contributed by atoms with Crippen LogP contribution in [0.25, 0.3) is 5.52 Å². The van der Waals surface area contributed by atoms with Crippen LogP contribution in [-0.2, 0) is 14.2 Å². The second-order valence-corrected chi connectivity index (χ2v) is 6.50. The minimum Gasteiger partial charge on any atom is -0.382 e. The van der Waals surface area contributed by atoms with Crippen molar-refractivity contribution in [2.75, 3.05) is 20.0 Å². The van der Waals surface area contributed by atoms with Crippen molar-refractivity contribution in [2.45, 2.75) is 51.1 Å². The van der Waals surface area contributed by atoms with E-state index in [1.165, 1.54) is 6.33 Å². The van der Waals surface area contributed by atoms with Crippen LogP contribution in [0.3, 0.4) is 0 Å². The second-order valence-electron chi connectivity index (χ2n) is 6.50. The fourth-order valence-corrected chi connectivity index (χ4v) is 2.43. The van der Waals surface area contributed by atoms with Gasteiger partial charge in [0.05, 0.1) is 11.8 Å². The van der Waals surface area contributed by atoms with Crippen LogP contribution in [0.15, 0.2) is 18.5 Å². The minimum absolute atomic E-state index is 0.119. The first-order valence-electron chi connectivity index (χ1n) is 8.03. The highest BCUT2D eigenvalue weighted by Crippen LogP contribution is 2.39. The lowest BCUT2D eigenvalue weighted by Gasteiger charge is -2.19. The maximum atomic E-state index is 9.07. The number of aromatic nitrogens is 3. The first kappa shape index (κ1) is 19.1. The third-order valence-corrected chi connectivity index (χ3v) is 4.35. The quantitative estimate of drug-likeness (QED) is 0.850. The fraction of sp³-hybridized carbons (Fsp3) is 0.588. The largest absolute Gasteiger partial charge is 0.382 e. The molecule has 1 aliphatic rings. The zero-order chi connectivity index (χ0) is 18.7. The van der Waals surface area contributed by atoms with Crippen LogP contribution in [0, 0.1) is 11.3 Å². The molecule has 8 heteroatoms. The molecule has 1 saturated heterocycles. The Kier molecular flexibility index (Phi) is 5.62. The van der Waals surface area contributed by atoms with Crippen molar-refractivity contribution in [3.05, 3.63) is 24.2 Å². The zero-order valence-electron chi connectivity index (χ0n) is 15.3. The summed E-state index contributed by atoms with van der Waals surface area (Å²) in [6.45, 7) is 5.52. The van der Waals surface area contributed by atoms with Crippen molar-refractivity contribution < 1.29 is 14.2 Å². The Bertz CT molecular complexity index is 761. The van der Waals surface area contributed by atoms with Gasteiger partial charge in [-0.15, -0.1) is 0 Å². The molecule has 0 aromatic carbocycles. The molecule has 0 aliphatic carbocycles. The van der Waals surface area contributed by atoms with Crippen LogP contribution in [0.5, 0.6) is 0 Å². The summed E-state index contributed by atoms with van der Waals surface area (Å²) in [6.07, 6.45) is 2.83. The number of nitriles is 1. The second kappa shape index (κ2) is 7.35. The number of rotatable bonds is 3. The molecular formula is C17H25N5O3. The van der Waals surface area contributed by atoms with E-state index in [1.807, 2.05) is 32.9 Å². The van der Waals surface area contributed by atoms with E-state index in [0.717, 1.165) is 24.1 Å². The molecule has 2 aromatic rings. The Morgan fingerprint density at radius 2 is 2.08 bits per heavy atom. The molecule has 0 unspecified atom stereocenters. The maximum Gasteiger partial charge on any atom is 0.161 e. The Morgan fingerprint density at radius 3 is 2.60 bits per heavy atom. The number of nitrogens with two attached hydrogens (primary N) is 1. The van der Waals surface area contributed by atoms with Gasteiger partial charge in [0.1, 0.15) is 17.9 Å². The standard InChI is InChI=1S/C12H13N5O.C5H12O2/c1-12(6-13)5-4-10(18-12)8-2-3-9-11(14)15-7-16-17(8)9;1-5(2,6-3)7-4/h2-3,7,10H,4-5H2,1H3,(H2,14,15,16);1-4H3/t10-,12-;/m1./s1. The van der Waals surface area contributed by atoms with Crippen LogP contribution in [0.4, 0.5) is 5.82 Å². The average Bonchev–Trinajstić information content (AvgIpc) is 3.20. The third-order valence-electron chi connectivity index (χ3n) is 4.35. The molecule has 8 nitrogen and oxygen atoms in total. The number of nitrogen functional groups attached to an aromatic ring is 1. The van der Waals surface area contributed by atoms with E-state index >= 15 is 0 Å². The van der Waals surface area contributed by atoms with Crippen LogP contribution in [0.1, 0.15) is 45.4 Å². The summed E-state index contributed by atoms with van der Waals surface area (Å²) >= 11 is 0. The topological polar surface area (TPSA) is 108 Å². The van der Waals surface area contributed by atoms with Gasteiger partial charge in [-0.3, -0.25) is 0 Å². The molecule has 0 bridgehead atoms. The summed E-state index contributed by atoms with van der Waals surface area (Å²) in [4.78, 5) is 3.94. The molecule has 2 N–H and O–H groups in total. The molecule has 1 aliphatic heterocycles. The monoisotopic (exact) mass is 347 g/mol. The Labute approximate surface area is 147 Å². The van der Waals surface area contributed by atoms with E-state index in [2.05, 4.69) is 16.2 Å². The first-order valence-corrected chi connectivity index (χ1v) is 8.03. The van der Waals surface area contributed by atoms with E-state index in [0.29, 0.717) is 5.82 Å². The highest BCUT2D eigenvalue weighted by molar-refractivity contribution is 5.65. The lowest BCUT2D eigenvalue weighted by Crippen LogP contribution is -2.24. The Balaban J connectivity index is 0.000000277. The van der Waals surface area contributed by atoms with Gasteiger partial charge in [-0.25, -0.2) is 9.50 Å². The van der Waals surface area contributed by atoms with Gasteiger partial charge in [-0.2, -0.15) is 10.4 Å². The van der Waals surface area contributed by atoms with Gasteiger partial charge in [-0.1, -0.05) is 0 Å². The van der Waals surface area contributed by atoms with Gasteiger partial charge in [0.15, 0.2) is 17.2 Å². The molecule has 3 heterocycles. The number of nitrogens with zero attached hydrogens (tertiary/aromatic N) is 4. The maximum absolute atomic E-state index is 9.07. The van der Waals surface area contributed by atoms with Crippen molar-refractivity contribution in [1.29, 1.82) is 5.26 Å². The molecule has 25 heavy (non-hydrogen) atoms. The SMILES string of the molecule is COC(C)(C)OC.C[C@]1(C#N)CC[C@H](c2ccc3c(N)ncnn23)O1. The van der Waals surface area contributed by atoms with Crippen molar-refractivity contribution in [2.24, 2.45) is 0 Å². The number of hydrogen-bond acceptors (Lipinski definition) is 7. The summed E-state index contributed by atoms with van der Waals surface area (Å²) in [7, 11) is 3.23. The number of hydrogen-bond donors (Lipinski definition) is 1. The normalized spacial score (nSPS) is 23.1. The van der Waals surface area contributed by atoms with Gasteiger partial charge in [0.2, 0.25) is 0 Å². The smallest absolute Gasteiger partial charge is 0.161 e. The van der Waals surface area contributed by atoms with E-state index in [4.69, 9.17) is 25.2 Å². The van der Waals surface area contributed by atoms with Gasteiger partial charge in [0, 0.05) is 14.2 Å². The van der Waals surface area contributed by atoms with Gasteiger partial charge in [0.25, 0.3) is 0 Å². The Morgan fingerprint density at radius 1 is 1.40 bits per heavy atom. The third kappa shape index (κ3) is 4.25. The minimum atomic E-state index is -0.701. The van der Waals surface area contributed by atoms with Crippen LogP contribution in [0.2, 0.25) is 0 Å². The molecular weight excluding hydrogens is 322 g/mol. The molecule has 1 fully saturated rings. The molecule has 2 atom stereocenters. The summed E-state index contributed by atoms with van der Waals surface area (Å²) in [6, 6.07) is 6.00. The first-order chi connectivity index (χ1) is 11.7. The molecule has 3 rings (SSSR count). The zero-order valence-corrected chi connectivity index (χ0v) is 15.3. The highest BCUT2D eigenvalue weighted by atomic mass is 16.7. The number of methoxy groups -OCH3 is 2. The van der Waals surface area contributed by atoms with Crippen LogP contribution in [-0.4, -0.2) is 40.2 Å². The fourth-order valence-electron chi connectivity index (χ4n) is 2.43. The van der Waals surface area contributed by atoms with Gasteiger partial charge in [-0.05, 0) is 45.7 Å². The van der Waals surface area contributed by atoms with E-state index in [9.17, 15) is 0 Å². The molecule has 0 saturated carbocycles. The summed E-state index contributed by atoms with van der Waals surface area (Å²) < 4.78 is 17.3. The van der Waals surface area contributed by atoms with Gasteiger partial charge < -0.3 is 19.9 Å². The number of ether oxygens (including phenoxy) is 3. The molecule has 0 amide bonds. The van der Waals surface area contributed by atoms with E-state index in [-0.39, 0.29) is 6.10 Å². The van der Waals surface area contributed by atoms with E-state index in [1.54, 1.807) is 18.7 Å². The molecule has 136 valence electrons. The number of fused-ring (bicyclic) bond motifs is 1. The molecule has 2 aromatic heterocycles. The lowest BCUT2D eigenvalue weighted by molar-refractivity contribution is -0.178. The predicted molar refractivity (Wildman–Crippen MR) is 92.6 cm³/mol. The molecule has 0 spiro atoms. The van der Waals surface area contributed by atoms with Crippen molar-refractivity contribution >= 4 is 11.3 Å².